The van der Waals surface area contributed by atoms with Gasteiger partial charge in [0.15, 0.2) is 0 Å². The molecule has 0 heteroatoms. The molecule has 8 aromatic rings. The predicted octanol–water partition coefficient (Wildman–Crippen LogP) is 11.5. The normalized spacial score (nSPS) is 16.0. The van der Waals surface area contributed by atoms with Gasteiger partial charge in [-0.05, 0) is 129 Å². The van der Waals surface area contributed by atoms with Crippen LogP contribution >= 0.6 is 0 Å². The number of hydrogen-bond acceptors (Lipinski definition) is 0. The highest BCUT2D eigenvalue weighted by Crippen LogP contribution is 2.62. The van der Waals surface area contributed by atoms with E-state index >= 15 is 0 Å². The lowest BCUT2D eigenvalue weighted by molar-refractivity contribution is 0.640. The molecule has 0 spiro atoms. The van der Waals surface area contributed by atoms with Crippen molar-refractivity contribution in [2.24, 2.45) is 0 Å². The van der Waals surface area contributed by atoms with Crippen LogP contribution in [0, 0.1) is 0 Å². The first-order chi connectivity index (χ1) is 20.3. The molecule has 0 amide bonds. The smallest absolute Gasteiger partial charge is 0.0159 e. The van der Waals surface area contributed by atoms with Crippen LogP contribution in [0.4, 0.5) is 0 Å². The van der Waals surface area contributed by atoms with Gasteiger partial charge in [0, 0.05) is 10.8 Å². The maximum Gasteiger partial charge on any atom is 0.0159 e. The van der Waals surface area contributed by atoms with Gasteiger partial charge < -0.3 is 0 Å². The summed E-state index contributed by atoms with van der Waals surface area (Å²) in [5.41, 5.74) is 11.3. The highest BCUT2D eigenvalue weighted by Gasteiger charge is 2.45. The van der Waals surface area contributed by atoms with Gasteiger partial charge in [-0.1, -0.05) is 107 Å². The summed E-state index contributed by atoms with van der Waals surface area (Å²) in [7, 11) is 0. The largest absolute Gasteiger partial charge is 0.0616 e. The molecule has 42 heavy (non-hydrogen) atoms. The minimum atomic E-state index is -0.144. The Morgan fingerprint density at radius 1 is 0.357 bits per heavy atom. The highest BCUT2D eigenvalue weighted by molar-refractivity contribution is 6.28. The minimum absolute atomic E-state index is 0.0992. The third-order valence-electron chi connectivity index (χ3n) is 10.9. The van der Waals surface area contributed by atoms with Gasteiger partial charge in [0.2, 0.25) is 0 Å². The molecule has 0 fully saturated rings. The summed E-state index contributed by atoms with van der Waals surface area (Å²) >= 11 is 0. The van der Waals surface area contributed by atoms with Crippen molar-refractivity contribution in [3.8, 4) is 22.3 Å². The number of fused-ring (bicyclic) bond motifs is 2. The summed E-state index contributed by atoms with van der Waals surface area (Å²) < 4.78 is 0. The summed E-state index contributed by atoms with van der Waals surface area (Å²) in [5.74, 6) is 0. The molecule has 0 bridgehead atoms. The van der Waals surface area contributed by atoms with Crippen molar-refractivity contribution in [1.82, 2.24) is 0 Å². The first-order valence-corrected chi connectivity index (χ1v) is 15.2. The fraction of sp³-hybridized carbons (Fsp3) is 0.143. The van der Waals surface area contributed by atoms with Crippen molar-refractivity contribution >= 4 is 53.9 Å². The fourth-order valence-electron chi connectivity index (χ4n) is 8.82. The van der Waals surface area contributed by atoms with Gasteiger partial charge in [-0.2, -0.15) is 0 Å². The Labute approximate surface area is 245 Å². The number of benzene rings is 8. The zero-order valence-electron chi connectivity index (χ0n) is 24.4. The second-order valence-corrected chi connectivity index (χ2v) is 13.7. The lowest BCUT2D eigenvalue weighted by Crippen LogP contribution is -2.24. The second kappa shape index (κ2) is 7.20. The van der Waals surface area contributed by atoms with Crippen molar-refractivity contribution in [1.29, 1.82) is 0 Å². The zero-order chi connectivity index (χ0) is 28.1. The van der Waals surface area contributed by atoms with Crippen LogP contribution in [0.2, 0.25) is 0 Å². The average Bonchev–Trinajstić information content (AvgIpc) is 3.23. The molecule has 2 aliphatic carbocycles. The third kappa shape index (κ3) is 2.53. The quantitative estimate of drug-likeness (QED) is 0.145. The van der Waals surface area contributed by atoms with Gasteiger partial charge in [-0.3, -0.25) is 0 Å². The molecule has 8 aromatic carbocycles. The SMILES string of the molecule is CC1(C)c2cc(-c3c4ccccc4cc4ccccc34)cc3c2-c2c1cc1ccc4cccc5cc(c2c1c45)C3(C)C. The molecule has 2 aliphatic rings. The Balaban J connectivity index is 1.41. The van der Waals surface area contributed by atoms with Crippen LogP contribution < -0.4 is 0 Å². The van der Waals surface area contributed by atoms with Gasteiger partial charge in [-0.25, -0.2) is 0 Å². The van der Waals surface area contributed by atoms with Crippen LogP contribution in [0.15, 0.2) is 109 Å². The van der Waals surface area contributed by atoms with Crippen LogP contribution in [0.25, 0.3) is 76.1 Å². The molecule has 0 aromatic heterocycles. The van der Waals surface area contributed by atoms with Crippen molar-refractivity contribution in [2.45, 2.75) is 38.5 Å². The molecular weight excluding hydrogens is 504 g/mol. The Kier molecular flexibility index (Phi) is 3.93. The fourth-order valence-corrected chi connectivity index (χ4v) is 8.82. The average molecular weight is 535 g/mol. The minimum Gasteiger partial charge on any atom is -0.0616 e. The standard InChI is InChI=1S/C42H30/c1-41(2)31-21-28(36-29-14-7-5-10-24(29)18-25-11-6-8-15-30(25)36)22-32-38(31)40-34(42(32,3)4)20-27-17-16-23-12-9-13-26-19-33(41)39(40)37(27)35(23)26/h5-22H,1-4H3. The van der Waals surface area contributed by atoms with Crippen molar-refractivity contribution in [3.63, 3.8) is 0 Å². The van der Waals surface area contributed by atoms with E-state index < -0.39 is 0 Å². The summed E-state index contributed by atoms with van der Waals surface area (Å²) in [6.45, 7) is 9.81. The highest BCUT2D eigenvalue weighted by atomic mass is 14.5. The Hall–Kier alpha value is -4.68. The van der Waals surface area contributed by atoms with Crippen LogP contribution in [-0.4, -0.2) is 0 Å². The lowest BCUT2D eigenvalue weighted by atomic mass is 9.66. The van der Waals surface area contributed by atoms with Gasteiger partial charge in [-0.15, -0.1) is 0 Å². The van der Waals surface area contributed by atoms with E-state index in [1.165, 1.54) is 98.4 Å². The second-order valence-electron chi connectivity index (χ2n) is 13.7. The molecule has 198 valence electrons. The molecule has 0 unspecified atom stereocenters. The third-order valence-corrected chi connectivity index (χ3v) is 10.9. The number of hydrogen-bond donors (Lipinski definition) is 0. The first kappa shape index (κ1) is 22.9. The van der Waals surface area contributed by atoms with E-state index in [-0.39, 0.29) is 10.8 Å². The maximum absolute atomic E-state index is 2.55. The van der Waals surface area contributed by atoms with E-state index in [0.29, 0.717) is 0 Å². The predicted molar refractivity (Wildman–Crippen MR) is 180 cm³/mol. The molecule has 0 saturated heterocycles. The summed E-state index contributed by atoms with van der Waals surface area (Å²) in [4.78, 5) is 0. The van der Waals surface area contributed by atoms with Crippen molar-refractivity contribution in [3.05, 3.63) is 131 Å². The molecular formula is C42H30. The van der Waals surface area contributed by atoms with Gasteiger partial charge in [0.1, 0.15) is 0 Å². The molecule has 0 N–H and O–H groups in total. The van der Waals surface area contributed by atoms with Crippen LogP contribution in [-0.2, 0) is 10.8 Å². The molecule has 0 aliphatic heterocycles. The Morgan fingerprint density at radius 2 is 0.881 bits per heavy atom. The first-order valence-electron chi connectivity index (χ1n) is 15.2. The van der Waals surface area contributed by atoms with Crippen LogP contribution in [0.5, 0.6) is 0 Å². The molecule has 0 heterocycles. The van der Waals surface area contributed by atoms with Crippen molar-refractivity contribution < 1.29 is 0 Å². The summed E-state index contributed by atoms with van der Waals surface area (Å²) in [6.07, 6.45) is 0. The van der Waals surface area contributed by atoms with E-state index in [0.717, 1.165) is 0 Å². The van der Waals surface area contributed by atoms with E-state index in [1.807, 2.05) is 0 Å². The van der Waals surface area contributed by atoms with Gasteiger partial charge in [0.05, 0.1) is 0 Å². The Bertz CT molecular complexity index is 2450. The molecule has 0 radical (unpaired) electrons. The molecule has 0 saturated carbocycles. The molecule has 0 atom stereocenters. The van der Waals surface area contributed by atoms with E-state index in [9.17, 15) is 0 Å². The summed E-state index contributed by atoms with van der Waals surface area (Å²) in [6, 6.07) is 41.8. The van der Waals surface area contributed by atoms with E-state index in [4.69, 9.17) is 0 Å². The zero-order valence-corrected chi connectivity index (χ0v) is 24.4. The van der Waals surface area contributed by atoms with E-state index in [1.54, 1.807) is 0 Å². The molecule has 10 rings (SSSR count). The topological polar surface area (TPSA) is 0 Å². The van der Waals surface area contributed by atoms with E-state index in [2.05, 4.69) is 137 Å². The monoisotopic (exact) mass is 534 g/mol. The molecule has 0 nitrogen and oxygen atoms in total. The van der Waals surface area contributed by atoms with Gasteiger partial charge in [0.25, 0.3) is 0 Å². The van der Waals surface area contributed by atoms with Gasteiger partial charge >= 0.3 is 0 Å². The maximum atomic E-state index is 2.55. The van der Waals surface area contributed by atoms with Crippen LogP contribution in [0.3, 0.4) is 0 Å². The lowest BCUT2D eigenvalue weighted by Gasteiger charge is -2.36. The number of rotatable bonds is 1. The Morgan fingerprint density at radius 3 is 1.60 bits per heavy atom. The van der Waals surface area contributed by atoms with Crippen LogP contribution in [0.1, 0.15) is 49.9 Å². The summed E-state index contributed by atoms with van der Waals surface area (Å²) in [5, 5.41) is 13.7. The van der Waals surface area contributed by atoms with Crippen molar-refractivity contribution in [2.75, 3.05) is 0 Å².